The molecule has 3 amide bonds. The van der Waals surface area contributed by atoms with E-state index in [1.807, 2.05) is 24.3 Å². The fourth-order valence-corrected chi connectivity index (χ4v) is 4.70. The third kappa shape index (κ3) is 2.59. The number of carbonyl (C=O) groups is 2. The molecule has 4 rings (SSSR count). The molecule has 0 spiro atoms. The summed E-state index contributed by atoms with van der Waals surface area (Å²) < 4.78 is 10.3. The molecule has 2 heterocycles. The zero-order valence-corrected chi connectivity index (χ0v) is 15.2. The van der Waals surface area contributed by atoms with Crippen LogP contribution in [0, 0.1) is 0 Å². The van der Waals surface area contributed by atoms with Crippen LogP contribution in [0.4, 0.5) is 10.5 Å². The van der Waals surface area contributed by atoms with Crippen molar-refractivity contribution in [1.82, 2.24) is 4.90 Å². The largest absolute Gasteiger partial charge is 0.497 e. The van der Waals surface area contributed by atoms with E-state index >= 15 is 0 Å². The molecule has 0 N–H and O–H groups in total. The number of fused-ring (bicyclic) bond motifs is 1. The van der Waals surface area contributed by atoms with Crippen LogP contribution in [0.15, 0.2) is 48.5 Å². The number of rotatable bonds is 4. The number of hydrogen-bond acceptors (Lipinski definition) is 5. The van der Waals surface area contributed by atoms with Gasteiger partial charge in [0.05, 0.1) is 19.9 Å². The van der Waals surface area contributed by atoms with Gasteiger partial charge in [-0.1, -0.05) is 12.1 Å². The number of ether oxygens (including phenoxy) is 2. The molecule has 6 nitrogen and oxygen atoms in total. The molecular formula is C19H18N2O4S. The Balaban J connectivity index is 1.62. The number of thioether (sulfide) groups is 1. The van der Waals surface area contributed by atoms with Crippen molar-refractivity contribution in [1.29, 1.82) is 0 Å². The van der Waals surface area contributed by atoms with Crippen molar-refractivity contribution >= 4 is 29.4 Å². The van der Waals surface area contributed by atoms with Crippen LogP contribution in [0.2, 0.25) is 0 Å². The van der Waals surface area contributed by atoms with Gasteiger partial charge in [-0.3, -0.25) is 9.69 Å². The van der Waals surface area contributed by atoms with Crippen LogP contribution in [0.5, 0.6) is 11.5 Å². The van der Waals surface area contributed by atoms with Gasteiger partial charge in [-0.05, 0) is 42.0 Å². The van der Waals surface area contributed by atoms with Gasteiger partial charge in [0.1, 0.15) is 22.9 Å². The second kappa shape index (κ2) is 6.57. The molecule has 0 aromatic heterocycles. The van der Waals surface area contributed by atoms with Crippen LogP contribution in [0.1, 0.15) is 10.9 Å². The fourth-order valence-electron chi connectivity index (χ4n) is 3.28. The lowest BCUT2D eigenvalue weighted by Gasteiger charge is -2.23. The Morgan fingerprint density at radius 1 is 0.923 bits per heavy atom. The van der Waals surface area contributed by atoms with Crippen LogP contribution >= 0.6 is 11.8 Å². The molecule has 2 aliphatic rings. The first-order valence-corrected chi connectivity index (χ1v) is 9.25. The number of imide groups is 1. The van der Waals surface area contributed by atoms with Crippen molar-refractivity contribution in [2.45, 2.75) is 11.4 Å². The Bertz CT molecular complexity index is 838. The third-order valence-electron chi connectivity index (χ3n) is 4.65. The van der Waals surface area contributed by atoms with Crippen LogP contribution in [-0.2, 0) is 4.79 Å². The Labute approximate surface area is 155 Å². The van der Waals surface area contributed by atoms with E-state index in [1.54, 1.807) is 55.1 Å². The van der Waals surface area contributed by atoms with E-state index in [-0.39, 0.29) is 17.3 Å². The number of methoxy groups -OCH3 is 2. The maximum absolute atomic E-state index is 13.0. The van der Waals surface area contributed by atoms with Gasteiger partial charge in [0.25, 0.3) is 5.91 Å². The summed E-state index contributed by atoms with van der Waals surface area (Å²) in [6.45, 7) is 0. The Morgan fingerprint density at radius 2 is 1.50 bits per heavy atom. The fraction of sp³-hybridized carbons (Fsp3) is 0.263. The summed E-state index contributed by atoms with van der Waals surface area (Å²) in [7, 11) is 3.19. The van der Waals surface area contributed by atoms with Gasteiger partial charge in [0.15, 0.2) is 0 Å². The molecule has 26 heavy (non-hydrogen) atoms. The summed E-state index contributed by atoms with van der Waals surface area (Å²) in [5.74, 6) is 1.86. The predicted molar refractivity (Wildman–Crippen MR) is 99.7 cm³/mol. The van der Waals surface area contributed by atoms with Crippen molar-refractivity contribution in [3.63, 3.8) is 0 Å². The standard InChI is InChI=1S/C19H18N2O4S/c1-24-14-7-3-12(4-8-14)18-21-16(11-26-18)17(22)20(19(21)23)13-5-9-15(25-2)10-6-13/h3-10,16,18H,11H2,1-2H3. The maximum atomic E-state index is 13.0. The third-order valence-corrected chi connectivity index (χ3v) is 5.97. The smallest absolute Gasteiger partial charge is 0.333 e. The summed E-state index contributed by atoms with van der Waals surface area (Å²) in [4.78, 5) is 28.8. The molecule has 2 aromatic rings. The van der Waals surface area contributed by atoms with Crippen LogP contribution in [0.3, 0.4) is 0 Å². The van der Waals surface area contributed by atoms with E-state index in [9.17, 15) is 9.59 Å². The minimum Gasteiger partial charge on any atom is -0.497 e. The van der Waals surface area contributed by atoms with E-state index in [4.69, 9.17) is 9.47 Å². The first kappa shape index (κ1) is 16.8. The first-order valence-electron chi connectivity index (χ1n) is 8.20. The molecule has 134 valence electrons. The summed E-state index contributed by atoms with van der Waals surface area (Å²) in [5, 5.41) is -0.175. The van der Waals surface area contributed by atoms with Crippen molar-refractivity contribution in [3.8, 4) is 11.5 Å². The number of anilines is 1. The zero-order valence-electron chi connectivity index (χ0n) is 14.4. The summed E-state index contributed by atoms with van der Waals surface area (Å²) in [6.07, 6.45) is 0. The average molecular weight is 370 g/mol. The van der Waals surface area contributed by atoms with E-state index in [0.717, 1.165) is 11.3 Å². The highest BCUT2D eigenvalue weighted by atomic mass is 32.2. The number of benzene rings is 2. The van der Waals surface area contributed by atoms with Crippen LogP contribution < -0.4 is 14.4 Å². The monoisotopic (exact) mass is 370 g/mol. The van der Waals surface area contributed by atoms with Gasteiger partial charge >= 0.3 is 6.03 Å². The van der Waals surface area contributed by atoms with Crippen molar-refractivity contribution in [2.24, 2.45) is 0 Å². The molecule has 0 bridgehead atoms. The lowest BCUT2D eigenvalue weighted by atomic mass is 10.2. The van der Waals surface area contributed by atoms with Gasteiger partial charge < -0.3 is 9.47 Å². The van der Waals surface area contributed by atoms with E-state index < -0.39 is 6.04 Å². The molecule has 2 aliphatic heterocycles. The zero-order chi connectivity index (χ0) is 18.3. The SMILES string of the molecule is COc1ccc(C2SCC3C(=O)N(c4ccc(OC)cc4)C(=O)N32)cc1. The highest BCUT2D eigenvalue weighted by Crippen LogP contribution is 2.46. The number of amides is 3. The molecular weight excluding hydrogens is 352 g/mol. The highest BCUT2D eigenvalue weighted by molar-refractivity contribution is 7.99. The predicted octanol–water partition coefficient (Wildman–Crippen LogP) is 3.29. The van der Waals surface area contributed by atoms with Crippen molar-refractivity contribution < 1.29 is 19.1 Å². The number of carbonyl (C=O) groups excluding carboxylic acids is 2. The summed E-state index contributed by atoms with van der Waals surface area (Å²) >= 11 is 1.61. The molecule has 0 radical (unpaired) electrons. The molecule has 2 saturated heterocycles. The minimum atomic E-state index is -0.429. The molecule has 0 aliphatic carbocycles. The minimum absolute atomic E-state index is 0.175. The summed E-state index contributed by atoms with van der Waals surface area (Å²) in [5.41, 5.74) is 1.55. The van der Waals surface area contributed by atoms with Gasteiger partial charge in [0, 0.05) is 5.75 Å². The number of nitrogens with zero attached hydrogens (tertiary/aromatic N) is 2. The van der Waals surface area contributed by atoms with E-state index in [2.05, 4.69) is 0 Å². The quantitative estimate of drug-likeness (QED) is 0.773. The Hall–Kier alpha value is -2.67. The topological polar surface area (TPSA) is 59.1 Å². The van der Waals surface area contributed by atoms with E-state index in [0.29, 0.717) is 17.2 Å². The Morgan fingerprint density at radius 3 is 2.08 bits per heavy atom. The summed E-state index contributed by atoms with van der Waals surface area (Å²) in [6, 6.07) is 13.8. The van der Waals surface area contributed by atoms with E-state index in [1.165, 1.54) is 4.90 Å². The maximum Gasteiger partial charge on any atom is 0.333 e. The van der Waals surface area contributed by atoms with Crippen LogP contribution in [-0.4, -0.2) is 42.9 Å². The van der Waals surface area contributed by atoms with Gasteiger partial charge in [-0.2, -0.15) is 0 Å². The highest BCUT2D eigenvalue weighted by Gasteiger charge is 2.53. The second-order valence-corrected chi connectivity index (χ2v) is 7.15. The van der Waals surface area contributed by atoms with Crippen molar-refractivity contribution in [3.05, 3.63) is 54.1 Å². The van der Waals surface area contributed by atoms with Crippen LogP contribution in [0.25, 0.3) is 0 Å². The molecule has 2 aromatic carbocycles. The average Bonchev–Trinajstić information content (AvgIpc) is 3.22. The van der Waals surface area contributed by atoms with Gasteiger partial charge in [-0.25, -0.2) is 9.69 Å². The molecule has 0 saturated carbocycles. The van der Waals surface area contributed by atoms with Crippen molar-refractivity contribution in [2.75, 3.05) is 24.9 Å². The normalized spacial score (nSPS) is 21.9. The van der Waals surface area contributed by atoms with Gasteiger partial charge in [0.2, 0.25) is 0 Å². The second-order valence-electron chi connectivity index (χ2n) is 6.04. The number of hydrogen-bond donors (Lipinski definition) is 0. The Kier molecular flexibility index (Phi) is 4.24. The lowest BCUT2D eigenvalue weighted by Crippen LogP contribution is -2.33. The molecule has 2 unspecified atom stereocenters. The first-order chi connectivity index (χ1) is 12.6. The lowest BCUT2D eigenvalue weighted by molar-refractivity contribution is -0.119. The molecule has 2 fully saturated rings. The van der Waals surface area contributed by atoms with Gasteiger partial charge in [-0.15, -0.1) is 11.8 Å². The molecule has 7 heteroatoms. The number of urea groups is 1. The molecule has 2 atom stereocenters.